The lowest BCUT2D eigenvalue weighted by Gasteiger charge is -2.12. The number of aromatic nitrogens is 3. The summed E-state index contributed by atoms with van der Waals surface area (Å²) in [6.07, 6.45) is 0. The first-order valence-corrected chi connectivity index (χ1v) is 12.8. The lowest BCUT2D eigenvalue weighted by atomic mass is 9.93. The van der Waals surface area contributed by atoms with Gasteiger partial charge in [-0.1, -0.05) is 84.9 Å². The molecular formula is C33H18ClN3O. The highest BCUT2D eigenvalue weighted by molar-refractivity contribution is 6.28. The van der Waals surface area contributed by atoms with E-state index in [1.165, 1.54) is 26.9 Å². The standard InChI is InChI=1S/C33H18ClN3O/c34-33-36-31(35-32(37-33)20-14-16-27-26-11-5-6-12-29(26)38-30(27)18-20)19-13-15-25-23-9-2-1-7-21(23)22-8-3-4-10-24(22)28(25)17-19/h1-18H. The quantitative estimate of drug-likeness (QED) is 0.219. The Hall–Kier alpha value is -4.80. The fourth-order valence-electron chi connectivity index (χ4n) is 5.52. The molecule has 0 aliphatic heterocycles. The molecule has 8 rings (SSSR count). The molecule has 2 heterocycles. The summed E-state index contributed by atoms with van der Waals surface area (Å²) in [6.45, 7) is 0. The highest BCUT2D eigenvalue weighted by Gasteiger charge is 2.14. The van der Waals surface area contributed by atoms with Gasteiger partial charge in [0.2, 0.25) is 5.28 Å². The van der Waals surface area contributed by atoms with Gasteiger partial charge in [-0.25, -0.2) is 4.98 Å². The second-order valence-corrected chi connectivity index (χ2v) is 9.75. The molecular weight excluding hydrogens is 490 g/mol. The van der Waals surface area contributed by atoms with Gasteiger partial charge in [0.25, 0.3) is 0 Å². The normalized spacial score (nSPS) is 11.8. The third-order valence-corrected chi connectivity index (χ3v) is 7.42. The fraction of sp³-hybridized carbons (Fsp3) is 0. The van der Waals surface area contributed by atoms with Crippen LogP contribution in [0.15, 0.2) is 114 Å². The van der Waals surface area contributed by atoms with Crippen molar-refractivity contribution in [3.8, 4) is 22.8 Å². The Morgan fingerprint density at radius 2 is 0.895 bits per heavy atom. The Kier molecular flexibility index (Phi) is 4.54. The average molecular weight is 508 g/mol. The van der Waals surface area contributed by atoms with E-state index in [2.05, 4.69) is 82.8 Å². The van der Waals surface area contributed by atoms with E-state index in [4.69, 9.17) is 21.0 Å². The molecule has 8 aromatic rings. The third-order valence-electron chi connectivity index (χ3n) is 7.25. The summed E-state index contributed by atoms with van der Waals surface area (Å²) >= 11 is 6.44. The molecule has 6 aromatic carbocycles. The summed E-state index contributed by atoms with van der Waals surface area (Å²) in [5.41, 5.74) is 3.34. The fourth-order valence-corrected chi connectivity index (χ4v) is 5.68. The summed E-state index contributed by atoms with van der Waals surface area (Å²) < 4.78 is 6.08. The van der Waals surface area contributed by atoms with Gasteiger partial charge in [0.15, 0.2) is 11.6 Å². The van der Waals surface area contributed by atoms with Crippen molar-refractivity contribution in [1.82, 2.24) is 15.0 Å². The van der Waals surface area contributed by atoms with Gasteiger partial charge >= 0.3 is 0 Å². The largest absolute Gasteiger partial charge is 0.456 e. The zero-order valence-corrected chi connectivity index (χ0v) is 20.8. The Labute approximate surface area is 222 Å². The molecule has 0 radical (unpaired) electrons. The molecule has 0 aliphatic carbocycles. The van der Waals surface area contributed by atoms with Crippen LogP contribution in [0.25, 0.3) is 77.0 Å². The lowest BCUT2D eigenvalue weighted by molar-refractivity contribution is 0.669. The first-order valence-electron chi connectivity index (χ1n) is 12.4. The first-order chi connectivity index (χ1) is 18.7. The van der Waals surface area contributed by atoms with E-state index in [1.807, 2.05) is 36.4 Å². The molecule has 0 amide bonds. The number of para-hydroxylation sites is 1. The minimum atomic E-state index is 0.151. The molecule has 4 nitrogen and oxygen atoms in total. The zero-order valence-electron chi connectivity index (χ0n) is 20.0. The molecule has 0 N–H and O–H groups in total. The molecule has 0 spiro atoms. The minimum Gasteiger partial charge on any atom is -0.456 e. The number of fused-ring (bicyclic) bond motifs is 9. The van der Waals surface area contributed by atoms with Gasteiger partial charge in [0, 0.05) is 21.9 Å². The molecule has 0 atom stereocenters. The summed E-state index contributed by atoms with van der Waals surface area (Å²) in [5, 5.41) is 9.52. The van der Waals surface area contributed by atoms with E-state index < -0.39 is 0 Å². The highest BCUT2D eigenvalue weighted by atomic mass is 35.5. The predicted molar refractivity (Wildman–Crippen MR) is 156 cm³/mol. The third kappa shape index (κ3) is 3.21. The Morgan fingerprint density at radius 3 is 1.55 bits per heavy atom. The smallest absolute Gasteiger partial charge is 0.226 e. The molecule has 0 aliphatic rings. The monoisotopic (exact) mass is 507 g/mol. The number of hydrogen-bond acceptors (Lipinski definition) is 4. The Morgan fingerprint density at radius 1 is 0.421 bits per heavy atom. The van der Waals surface area contributed by atoms with Crippen LogP contribution in [-0.4, -0.2) is 15.0 Å². The van der Waals surface area contributed by atoms with Crippen molar-refractivity contribution >= 4 is 65.9 Å². The van der Waals surface area contributed by atoms with Gasteiger partial charge in [-0.05, 0) is 68.2 Å². The molecule has 0 bridgehead atoms. The van der Waals surface area contributed by atoms with Crippen LogP contribution >= 0.6 is 11.6 Å². The molecule has 0 saturated carbocycles. The molecule has 5 heteroatoms. The second-order valence-electron chi connectivity index (χ2n) is 9.41. The Balaban J connectivity index is 1.32. The van der Waals surface area contributed by atoms with Crippen molar-refractivity contribution in [2.45, 2.75) is 0 Å². The first kappa shape index (κ1) is 21.3. The van der Waals surface area contributed by atoms with Crippen LogP contribution in [0.1, 0.15) is 0 Å². The van der Waals surface area contributed by atoms with Crippen LogP contribution in [0.3, 0.4) is 0 Å². The van der Waals surface area contributed by atoms with Crippen molar-refractivity contribution in [1.29, 1.82) is 0 Å². The summed E-state index contributed by atoms with van der Waals surface area (Å²) in [4.78, 5) is 13.8. The van der Waals surface area contributed by atoms with E-state index in [-0.39, 0.29) is 5.28 Å². The van der Waals surface area contributed by atoms with Crippen LogP contribution in [0, 0.1) is 0 Å². The molecule has 178 valence electrons. The molecule has 0 saturated heterocycles. The van der Waals surface area contributed by atoms with Gasteiger partial charge in [-0.15, -0.1) is 0 Å². The highest BCUT2D eigenvalue weighted by Crippen LogP contribution is 2.37. The van der Waals surface area contributed by atoms with Crippen LogP contribution < -0.4 is 0 Å². The number of halogens is 1. The van der Waals surface area contributed by atoms with Crippen molar-refractivity contribution in [3.63, 3.8) is 0 Å². The number of rotatable bonds is 2. The van der Waals surface area contributed by atoms with E-state index in [1.54, 1.807) is 0 Å². The van der Waals surface area contributed by atoms with Gasteiger partial charge in [0.05, 0.1) is 0 Å². The topological polar surface area (TPSA) is 51.8 Å². The molecule has 0 fully saturated rings. The van der Waals surface area contributed by atoms with Crippen molar-refractivity contribution < 1.29 is 4.42 Å². The summed E-state index contributed by atoms with van der Waals surface area (Å²) in [6, 6.07) is 37.4. The summed E-state index contributed by atoms with van der Waals surface area (Å²) in [7, 11) is 0. The van der Waals surface area contributed by atoms with Crippen LogP contribution in [0.4, 0.5) is 0 Å². The van der Waals surface area contributed by atoms with E-state index in [0.29, 0.717) is 11.6 Å². The van der Waals surface area contributed by atoms with E-state index in [9.17, 15) is 0 Å². The van der Waals surface area contributed by atoms with Gasteiger partial charge in [0.1, 0.15) is 11.2 Å². The van der Waals surface area contributed by atoms with Gasteiger partial charge in [-0.3, -0.25) is 0 Å². The molecule has 2 aromatic heterocycles. The zero-order chi connectivity index (χ0) is 25.2. The maximum atomic E-state index is 6.44. The number of hydrogen-bond donors (Lipinski definition) is 0. The second kappa shape index (κ2) is 8.10. The van der Waals surface area contributed by atoms with Crippen molar-refractivity contribution in [2.75, 3.05) is 0 Å². The van der Waals surface area contributed by atoms with Gasteiger partial charge < -0.3 is 4.42 Å². The van der Waals surface area contributed by atoms with Gasteiger partial charge in [-0.2, -0.15) is 9.97 Å². The molecule has 38 heavy (non-hydrogen) atoms. The lowest BCUT2D eigenvalue weighted by Crippen LogP contribution is -1.97. The number of benzene rings is 6. The van der Waals surface area contributed by atoms with Crippen molar-refractivity contribution in [3.05, 3.63) is 114 Å². The predicted octanol–water partition coefficient (Wildman–Crippen LogP) is 9.22. The molecule has 0 unspecified atom stereocenters. The Bertz CT molecular complexity index is 2180. The maximum absolute atomic E-state index is 6.44. The number of furan rings is 1. The van der Waals surface area contributed by atoms with Crippen molar-refractivity contribution in [2.24, 2.45) is 0 Å². The van der Waals surface area contributed by atoms with E-state index >= 15 is 0 Å². The van der Waals surface area contributed by atoms with E-state index in [0.717, 1.165) is 38.5 Å². The SMILES string of the molecule is Clc1nc(-c2ccc3c(c2)oc2ccccc23)nc(-c2ccc3c4ccccc4c4ccccc4c3c2)n1. The summed E-state index contributed by atoms with van der Waals surface area (Å²) in [5.74, 6) is 1.04. The maximum Gasteiger partial charge on any atom is 0.226 e. The number of nitrogens with zero attached hydrogens (tertiary/aromatic N) is 3. The van der Waals surface area contributed by atoms with Crippen LogP contribution in [0.2, 0.25) is 5.28 Å². The van der Waals surface area contributed by atoms with Crippen LogP contribution in [-0.2, 0) is 0 Å². The minimum absolute atomic E-state index is 0.151. The average Bonchev–Trinajstić information content (AvgIpc) is 3.35. The van der Waals surface area contributed by atoms with Crippen LogP contribution in [0.5, 0.6) is 0 Å².